The van der Waals surface area contributed by atoms with Gasteiger partial charge in [-0.2, -0.15) is 0 Å². The van der Waals surface area contributed by atoms with Gasteiger partial charge in [-0.15, -0.1) is 0 Å². The quantitative estimate of drug-likeness (QED) is 0.180. The normalized spacial score (nSPS) is 13.6. The summed E-state index contributed by atoms with van der Waals surface area (Å²) in [6, 6.07) is 23.1. The zero-order valence-corrected chi connectivity index (χ0v) is 25.1. The molecule has 8 rings (SSSR count). The first kappa shape index (κ1) is 23.1. The van der Waals surface area contributed by atoms with Crippen molar-refractivity contribution >= 4 is 91.2 Å². The average Bonchev–Trinajstić information content (AvgIpc) is 3.38. The Morgan fingerprint density at radius 2 is 0.923 bits per heavy atom. The lowest BCUT2D eigenvalue weighted by Crippen LogP contribution is -2.38. The molecule has 0 N–H and O–H groups in total. The van der Waals surface area contributed by atoms with E-state index in [4.69, 9.17) is 0 Å². The topological polar surface area (TPSA) is 39.1 Å². The summed E-state index contributed by atoms with van der Waals surface area (Å²) in [4.78, 5) is 28.6. The van der Waals surface area contributed by atoms with Crippen LogP contribution in [0.15, 0.2) is 76.3 Å². The van der Waals surface area contributed by atoms with Gasteiger partial charge in [0.05, 0.1) is 32.6 Å². The molecule has 0 radical (unpaired) electrons. The largest absolute Gasteiger partial charge is 0.268 e. The third-order valence-corrected chi connectivity index (χ3v) is 12.9. The van der Waals surface area contributed by atoms with E-state index < -0.39 is 16.1 Å². The Morgan fingerprint density at radius 1 is 0.487 bits per heavy atom. The number of benzene rings is 6. The van der Waals surface area contributed by atoms with Crippen LogP contribution in [0.5, 0.6) is 0 Å². The van der Waals surface area contributed by atoms with Crippen molar-refractivity contribution < 1.29 is 0 Å². The van der Waals surface area contributed by atoms with Crippen LogP contribution in [0.2, 0.25) is 39.3 Å². The molecule has 0 saturated heterocycles. The van der Waals surface area contributed by atoms with E-state index in [2.05, 4.69) is 75.7 Å². The monoisotopic (exact) mass is 539 g/mol. The van der Waals surface area contributed by atoms with Gasteiger partial charge in [-0.1, -0.05) is 104 Å². The Balaban J connectivity index is 1.79. The molecule has 1 aromatic heterocycles. The van der Waals surface area contributed by atoms with Gasteiger partial charge in [0, 0.05) is 0 Å². The second-order valence-corrected chi connectivity index (χ2v) is 23.4. The van der Waals surface area contributed by atoms with E-state index in [9.17, 15) is 9.59 Å². The highest BCUT2D eigenvalue weighted by molar-refractivity contribution is 6.91. The zero-order chi connectivity index (χ0) is 27.2. The fraction of sp³-hybridized carbons (Fsp3) is 0.176. The van der Waals surface area contributed by atoms with Crippen LogP contribution in [-0.2, 0) is 0 Å². The summed E-state index contributed by atoms with van der Waals surface area (Å²) >= 11 is 0. The molecule has 0 aliphatic carbocycles. The molecule has 0 amide bonds. The average molecular weight is 540 g/mol. The predicted molar refractivity (Wildman–Crippen MR) is 174 cm³/mol. The highest BCUT2D eigenvalue weighted by Crippen LogP contribution is 2.49. The van der Waals surface area contributed by atoms with Crippen molar-refractivity contribution in [3.63, 3.8) is 0 Å². The van der Waals surface area contributed by atoms with Crippen LogP contribution in [0, 0.1) is 0 Å². The van der Waals surface area contributed by atoms with Crippen molar-refractivity contribution in [2.45, 2.75) is 39.3 Å². The summed E-state index contributed by atoms with van der Waals surface area (Å²) in [5.74, 6) is 0. The highest BCUT2D eigenvalue weighted by Gasteiger charge is 2.32. The molecule has 3 nitrogen and oxygen atoms in total. The van der Waals surface area contributed by atoms with Crippen molar-refractivity contribution in [1.29, 1.82) is 0 Å². The van der Waals surface area contributed by atoms with Gasteiger partial charge in [0.25, 0.3) is 11.1 Å². The number of hydrogen-bond donors (Lipinski definition) is 0. The number of rotatable bonds is 3. The Labute approximate surface area is 227 Å². The number of para-hydroxylation sites is 1. The van der Waals surface area contributed by atoms with Gasteiger partial charge < -0.3 is 0 Å². The maximum absolute atomic E-state index is 14.3. The van der Waals surface area contributed by atoms with E-state index in [0.29, 0.717) is 16.5 Å². The Hall–Kier alpha value is -3.81. The van der Waals surface area contributed by atoms with Gasteiger partial charge in [0.1, 0.15) is 0 Å². The minimum Gasteiger partial charge on any atom is -0.268 e. The van der Waals surface area contributed by atoms with E-state index in [1.54, 1.807) is 0 Å². The standard InChI is InChI=1S/C34H29NO2Si2/c1-38(2,3)24-16-22-29-27-20(24)14-12-18-13-15-21-25(39(4,5)6)17-23(30(29)28(21)26(18)27)32-31(22)33(36)35(34(32)37)19-10-8-7-9-11-19/h7-17H,1-6H3. The zero-order valence-electron chi connectivity index (χ0n) is 23.1. The van der Waals surface area contributed by atoms with Gasteiger partial charge in [-0.3, -0.25) is 9.59 Å². The van der Waals surface area contributed by atoms with Crippen molar-refractivity contribution in [3.8, 4) is 5.69 Å². The van der Waals surface area contributed by atoms with Gasteiger partial charge in [0.2, 0.25) is 0 Å². The second-order valence-electron chi connectivity index (χ2n) is 13.3. The van der Waals surface area contributed by atoms with Crippen molar-refractivity contribution in [3.05, 3.63) is 87.4 Å². The Kier molecular flexibility index (Phi) is 4.17. The van der Waals surface area contributed by atoms with E-state index in [0.717, 1.165) is 21.5 Å². The van der Waals surface area contributed by atoms with Gasteiger partial charge in [-0.05, 0) is 66.0 Å². The molecule has 190 valence electrons. The molecule has 7 aromatic carbocycles. The van der Waals surface area contributed by atoms with Crippen molar-refractivity contribution in [2.24, 2.45) is 0 Å². The second kappa shape index (κ2) is 7.03. The molecule has 0 saturated carbocycles. The molecule has 0 atom stereocenters. The molecular formula is C34H29NO2Si2. The highest BCUT2D eigenvalue weighted by atomic mass is 28.3. The molecule has 0 unspecified atom stereocenters. The third kappa shape index (κ3) is 2.72. The minimum atomic E-state index is -1.81. The summed E-state index contributed by atoms with van der Waals surface area (Å²) in [6.45, 7) is 14.2. The SMILES string of the molecule is C[Si](C)(C)c1cc2c3c(=O)n(-c4ccccc4)c(=O)c3c3cc([Si](C)(C)C)c4ccc5ccc1c1c5c4c3c21. The first-order valence-electron chi connectivity index (χ1n) is 13.7. The van der Waals surface area contributed by atoms with Gasteiger partial charge >= 0.3 is 0 Å². The molecule has 0 aliphatic heterocycles. The summed E-state index contributed by atoms with van der Waals surface area (Å²) < 4.78 is 1.40. The molecule has 0 fully saturated rings. The van der Waals surface area contributed by atoms with Gasteiger partial charge in [0.15, 0.2) is 0 Å². The Morgan fingerprint density at radius 3 is 1.36 bits per heavy atom. The van der Waals surface area contributed by atoms with Crippen molar-refractivity contribution in [1.82, 2.24) is 4.57 Å². The number of nitrogens with zero attached hydrogens (tertiary/aromatic N) is 1. The number of aromatic nitrogens is 1. The lowest BCUT2D eigenvalue weighted by molar-refractivity contribution is 0.992. The molecule has 0 bridgehead atoms. The summed E-state index contributed by atoms with van der Waals surface area (Å²) in [7, 11) is -3.61. The van der Waals surface area contributed by atoms with E-state index >= 15 is 0 Å². The lowest BCUT2D eigenvalue weighted by atomic mass is 9.95. The van der Waals surface area contributed by atoms with Crippen LogP contribution in [-0.4, -0.2) is 20.7 Å². The third-order valence-electron chi connectivity index (χ3n) is 8.89. The van der Waals surface area contributed by atoms with Crippen LogP contribution in [0.1, 0.15) is 0 Å². The maximum atomic E-state index is 14.3. The van der Waals surface area contributed by atoms with Crippen LogP contribution in [0.4, 0.5) is 0 Å². The first-order chi connectivity index (χ1) is 18.5. The van der Waals surface area contributed by atoms with Crippen molar-refractivity contribution in [2.75, 3.05) is 0 Å². The minimum absolute atomic E-state index is 0.207. The van der Waals surface area contributed by atoms with Crippen LogP contribution in [0.25, 0.3) is 70.3 Å². The van der Waals surface area contributed by atoms with E-state index in [-0.39, 0.29) is 11.1 Å². The van der Waals surface area contributed by atoms with E-state index in [1.165, 1.54) is 47.3 Å². The van der Waals surface area contributed by atoms with Crippen LogP contribution in [0.3, 0.4) is 0 Å². The molecule has 0 aliphatic rings. The summed E-state index contributed by atoms with van der Waals surface area (Å²) in [5, 5.41) is 15.8. The molecule has 5 heteroatoms. The van der Waals surface area contributed by atoms with Crippen LogP contribution >= 0.6 is 0 Å². The number of fused-ring (bicyclic) bond motifs is 3. The fourth-order valence-electron chi connectivity index (χ4n) is 7.24. The lowest BCUT2D eigenvalue weighted by Gasteiger charge is -2.21. The maximum Gasteiger partial charge on any atom is 0.266 e. The predicted octanol–water partition coefficient (Wildman–Crippen LogP) is 6.96. The fourth-order valence-corrected chi connectivity index (χ4v) is 10.4. The van der Waals surface area contributed by atoms with E-state index in [1.807, 2.05) is 30.3 Å². The molecule has 39 heavy (non-hydrogen) atoms. The Bertz CT molecular complexity index is 2230. The summed E-state index contributed by atoms with van der Waals surface area (Å²) in [6.07, 6.45) is 0. The molecule has 8 aromatic rings. The molecular weight excluding hydrogens is 511 g/mol. The smallest absolute Gasteiger partial charge is 0.266 e. The number of hydrogen-bond acceptors (Lipinski definition) is 2. The van der Waals surface area contributed by atoms with Crippen LogP contribution < -0.4 is 21.5 Å². The molecule has 1 heterocycles. The summed E-state index contributed by atoms with van der Waals surface area (Å²) in [5.41, 5.74) is 0.214. The van der Waals surface area contributed by atoms with Gasteiger partial charge in [-0.25, -0.2) is 4.57 Å². The first-order valence-corrected chi connectivity index (χ1v) is 20.7. The molecule has 0 spiro atoms.